The van der Waals surface area contributed by atoms with E-state index in [1.807, 2.05) is 30.3 Å². The second-order valence-electron chi connectivity index (χ2n) is 6.20. The van der Waals surface area contributed by atoms with Crippen LogP contribution in [0.25, 0.3) is 0 Å². The van der Waals surface area contributed by atoms with E-state index in [-0.39, 0.29) is 24.0 Å². The molecule has 0 aromatic heterocycles. The molecule has 1 amide bonds. The second-order valence-corrected chi connectivity index (χ2v) is 6.20. The minimum atomic E-state index is -1.91. The molecule has 124 valence electrons. The Bertz CT molecular complexity index is 526. The minimum absolute atomic E-state index is 0.00572. The van der Waals surface area contributed by atoms with Gasteiger partial charge in [0.2, 0.25) is 5.91 Å². The Morgan fingerprint density at radius 3 is 2.74 bits per heavy atom. The summed E-state index contributed by atoms with van der Waals surface area (Å²) in [6.07, 6.45) is 3.28. The number of carbonyl (C=O) groups excluding carboxylic acids is 1. The van der Waals surface area contributed by atoms with E-state index < -0.39 is 13.5 Å². The number of amides is 1. The molecule has 4 atom stereocenters. The molecule has 6 nitrogen and oxygen atoms in total. The SMILES string of the molecule is O=C(N[C@@H](CCc1ccccc1)OB(O)O)[C@@H]1C[C@H]2CC[C@@H]1O2. The van der Waals surface area contributed by atoms with Gasteiger partial charge in [-0.3, -0.25) is 4.79 Å². The van der Waals surface area contributed by atoms with Crippen LogP contribution in [0, 0.1) is 5.92 Å². The first kappa shape index (κ1) is 16.5. The van der Waals surface area contributed by atoms with Gasteiger partial charge in [-0.2, -0.15) is 0 Å². The van der Waals surface area contributed by atoms with Crippen molar-refractivity contribution in [1.29, 1.82) is 0 Å². The van der Waals surface area contributed by atoms with Gasteiger partial charge in [0.15, 0.2) is 0 Å². The van der Waals surface area contributed by atoms with Crippen molar-refractivity contribution in [2.45, 2.75) is 50.5 Å². The zero-order chi connectivity index (χ0) is 16.2. The number of hydrogen-bond donors (Lipinski definition) is 3. The van der Waals surface area contributed by atoms with E-state index in [2.05, 4.69) is 5.32 Å². The maximum atomic E-state index is 12.4. The number of aryl methyl sites for hydroxylation is 1. The average molecular weight is 319 g/mol. The van der Waals surface area contributed by atoms with Crippen LogP contribution < -0.4 is 5.32 Å². The van der Waals surface area contributed by atoms with Gasteiger partial charge < -0.3 is 24.8 Å². The number of rotatable bonds is 7. The van der Waals surface area contributed by atoms with Crippen LogP contribution in [-0.2, 0) is 20.6 Å². The lowest BCUT2D eigenvalue weighted by molar-refractivity contribution is -0.129. The largest absolute Gasteiger partial charge is 0.635 e. The highest BCUT2D eigenvalue weighted by molar-refractivity contribution is 6.32. The second kappa shape index (κ2) is 7.44. The Kier molecular flexibility index (Phi) is 5.32. The average Bonchev–Trinajstić information content (AvgIpc) is 3.16. The molecule has 2 saturated heterocycles. The number of benzene rings is 1. The maximum absolute atomic E-state index is 12.4. The lowest BCUT2D eigenvalue weighted by atomic mass is 9.88. The Morgan fingerprint density at radius 2 is 2.13 bits per heavy atom. The number of fused-ring (bicyclic) bond motifs is 2. The summed E-state index contributed by atoms with van der Waals surface area (Å²) in [5, 5.41) is 20.9. The van der Waals surface area contributed by atoms with Gasteiger partial charge in [-0.25, -0.2) is 0 Å². The zero-order valence-electron chi connectivity index (χ0n) is 12.9. The monoisotopic (exact) mass is 319 g/mol. The third-order valence-electron chi connectivity index (χ3n) is 4.57. The molecule has 0 spiro atoms. The predicted octanol–water partition coefficient (Wildman–Crippen LogP) is 0.615. The summed E-state index contributed by atoms with van der Waals surface area (Å²) in [5.41, 5.74) is 1.10. The summed E-state index contributed by atoms with van der Waals surface area (Å²) in [7, 11) is -1.91. The normalized spacial score (nSPS) is 27.0. The fourth-order valence-corrected chi connectivity index (χ4v) is 3.44. The van der Waals surface area contributed by atoms with Crippen LogP contribution >= 0.6 is 0 Å². The van der Waals surface area contributed by atoms with Crippen molar-refractivity contribution in [3.63, 3.8) is 0 Å². The Morgan fingerprint density at radius 1 is 1.35 bits per heavy atom. The lowest BCUT2D eigenvalue weighted by Gasteiger charge is -2.24. The molecule has 2 aliphatic heterocycles. The molecule has 2 fully saturated rings. The van der Waals surface area contributed by atoms with Crippen LogP contribution in [0.5, 0.6) is 0 Å². The highest BCUT2D eigenvalue weighted by Crippen LogP contribution is 2.38. The summed E-state index contributed by atoms with van der Waals surface area (Å²) >= 11 is 0. The fourth-order valence-electron chi connectivity index (χ4n) is 3.44. The number of nitrogens with one attached hydrogen (secondary N) is 1. The van der Waals surface area contributed by atoms with Gasteiger partial charge in [-0.1, -0.05) is 30.3 Å². The predicted molar refractivity (Wildman–Crippen MR) is 84.0 cm³/mol. The van der Waals surface area contributed by atoms with E-state index in [1.54, 1.807) is 0 Å². The smallest absolute Gasteiger partial charge is 0.402 e. The molecule has 23 heavy (non-hydrogen) atoms. The standard InChI is InChI=1S/C16H22BNO5/c19-16(13-10-12-7-8-14(13)22-12)18-15(23-17(20)21)9-6-11-4-2-1-3-5-11/h1-5,12-15,20-21H,6-10H2,(H,18,19)/t12-,13-,14+,15-/m1/s1. The Labute approximate surface area is 136 Å². The molecule has 3 rings (SSSR count). The van der Waals surface area contributed by atoms with Crippen LogP contribution in [0.1, 0.15) is 31.2 Å². The van der Waals surface area contributed by atoms with Crippen molar-refractivity contribution in [3.05, 3.63) is 35.9 Å². The third-order valence-corrected chi connectivity index (χ3v) is 4.57. The van der Waals surface area contributed by atoms with Crippen molar-refractivity contribution < 1.29 is 24.2 Å². The molecule has 3 N–H and O–H groups in total. The van der Waals surface area contributed by atoms with Crippen molar-refractivity contribution in [2.24, 2.45) is 5.92 Å². The van der Waals surface area contributed by atoms with Crippen LogP contribution in [0.2, 0.25) is 0 Å². The van der Waals surface area contributed by atoms with Gasteiger partial charge in [0, 0.05) is 0 Å². The van der Waals surface area contributed by atoms with E-state index in [4.69, 9.17) is 19.4 Å². The Balaban J connectivity index is 1.54. The molecule has 0 aliphatic carbocycles. The minimum Gasteiger partial charge on any atom is -0.402 e. The van der Waals surface area contributed by atoms with E-state index >= 15 is 0 Å². The van der Waals surface area contributed by atoms with Crippen LogP contribution in [-0.4, -0.2) is 41.7 Å². The molecule has 2 aliphatic rings. The third kappa shape index (κ3) is 4.32. The fraction of sp³-hybridized carbons (Fsp3) is 0.562. The van der Waals surface area contributed by atoms with E-state index in [1.165, 1.54) is 0 Å². The highest BCUT2D eigenvalue weighted by Gasteiger charge is 2.44. The molecule has 7 heteroatoms. The molecular formula is C16H22BNO5. The van der Waals surface area contributed by atoms with Gasteiger partial charge in [0.25, 0.3) is 0 Å². The summed E-state index contributed by atoms with van der Waals surface area (Å²) in [4.78, 5) is 12.4. The van der Waals surface area contributed by atoms with Crippen LogP contribution in [0.4, 0.5) is 0 Å². The van der Waals surface area contributed by atoms with Crippen molar-refractivity contribution in [2.75, 3.05) is 0 Å². The van der Waals surface area contributed by atoms with E-state index in [0.29, 0.717) is 12.8 Å². The molecule has 2 bridgehead atoms. The maximum Gasteiger partial charge on any atom is 0.635 e. The number of ether oxygens (including phenoxy) is 1. The summed E-state index contributed by atoms with van der Waals surface area (Å²) in [6, 6.07) is 9.79. The molecule has 1 aromatic carbocycles. The lowest BCUT2D eigenvalue weighted by Crippen LogP contribution is -2.45. The summed E-state index contributed by atoms with van der Waals surface area (Å²) < 4.78 is 10.7. The van der Waals surface area contributed by atoms with Gasteiger partial charge in [-0.15, -0.1) is 0 Å². The first-order valence-corrected chi connectivity index (χ1v) is 8.13. The molecule has 2 heterocycles. The first-order valence-electron chi connectivity index (χ1n) is 8.13. The van der Waals surface area contributed by atoms with Crippen molar-refractivity contribution >= 4 is 13.2 Å². The molecule has 0 saturated carbocycles. The van der Waals surface area contributed by atoms with Crippen molar-refractivity contribution in [3.8, 4) is 0 Å². The van der Waals surface area contributed by atoms with Crippen molar-refractivity contribution in [1.82, 2.24) is 5.32 Å². The number of hydrogen-bond acceptors (Lipinski definition) is 5. The van der Waals surface area contributed by atoms with Crippen LogP contribution in [0.3, 0.4) is 0 Å². The van der Waals surface area contributed by atoms with E-state index in [0.717, 1.165) is 24.8 Å². The zero-order valence-corrected chi connectivity index (χ0v) is 12.9. The van der Waals surface area contributed by atoms with Crippen LogP contribution in [0.15, 0.2) is 30.3 Å². The first-order chi connectivity index (χ1) is 11.1. The van der Waals surface area contributed by atoms with Gasteiger partial charge in [0.1, 0.15) is 6.23 Å². The molecule has 0 radical (unpaired) electrons. The summed E-state index contributed by atoms with van der Waals surface area (Å²) in [5.74, 6) is -0.289. The molecular weight excluding hydrogens is 297 g/mol. The summed E-state index contributed by atoms with van der Waals surface area (Å²) in [6.45, 7) is 0. The number of carbonyl (C=O) groups is 1. The molecule has 1 aromatic rings. The topological polar surface area (TPSA) is 88.0 Å². The quantitative estimate of drug-likeness (QED) is 0.506. The molecule has 0 unspecified atom stereocenters. The van der Waals surface area contributed by atoms with Gasteiger partial charge in [0.05, 0.1) is 18.1 Å². The highest BCUT2D eigenvalue weighted by atomic mass is 16.6. The van der Waals surface area contributed by atoms with E-state index in [9.17, 15) is 4.79 Å². The van der Waals surface area contributed by atoms with Gasteiger partial charge >= 0.3 is 7.32 Å². The van der Waals surface area contributed by atoms with Gasteiger partial charge in [-0.05, 0) is 37.7 Å². The Hall–Kier alpha value is -1.41.